The van der Waals surface area contributed by atoms with E-state index in [1.165, 1.54) is 5.32 Å². The zero-order valence-electron chi connectivity index (χ0n) is 8.13. The van der Waals surface area contributed by atoms with Crippen LogP contribution in [0.1, 0.15) is 10.4 Å². The van der Waals surface area contributed by atoms with Gasteiger partial charge >= 0.3 is 12.3 Å². The van der Waals surface area contributed by atoms with E-state index >= 15 is 0 Å². The second-order valence-electron chi connectivity index (χ2n) is 2.85. The highest BCUT2D eigenvalue weighted by atomic mass is 19.4. The number of methoxy groups -OCH3 is 1. The summed E-state index contributed by atoms with van der Waals surface area (Å²) in [6.07, 6.45) is -4.61. The van der Waals surface area contributed by atoms with Crippen LogP contribution in [0.15, 0.2) is 18.2 Å². The lowest BCUT2D eigenvalue weighted by molar-refractivity contribution is -0.0999. The Labute approximate surface area is 88.6 Å². The molecule has 1 aromatic carbocycles. The Bertz CT molecular complexity index is 403. The zero-order chi connectivity index (χ0) is 12.3. The number of nitrogens with one attached hydrogen (secondary N) is 1. The maximum Gasteiger partial charge on any atom is 0.482 e. The van der Waals surface area contributed by atoms with Gasteiger partial charge in [-0.25, -0.2) is 4.79 Å². The van der Waals surface area contributed by atoms with E-state index in [0.29, 0.717) is 0 Å². The zero-order valence-corrected chi connectivity index (χ0v) is 8.13. The lowest BCUT2D eigenvalue weighted by atomic mass is 10.2. The van der Waals surface area contributed by atoms with E-state index in [2.05, 4.69) is 4.74 Å². The van der Waals surface area contributed by atoms with E-state index in [0.717, 1.165) is 25.3 Å². The predicted molar refractivity (Wildman–Crippen MR) is 49.1 cm³/mol. The minimum Gasteiger partial charge on any atom is -0.507 e. The number of benzene rings is 1. The molecule has 1 aromatic rings. The third-order valence-electron chi connectivity index (χ3n) is 1.69. The minimum absolute atomic E-state index is 0.336. The van der Waals surface area contributed by atoms with Crippen molar-refractivity contribution in [1.29, 1.82) is 0 Å². The summed E-state index contributed by atoms with van der Waals surface area (Å²) in [5.74, 6) is -1.36. The van der Waals surface area contributed by atoms with Crippen LogP contribution in [-0.4, -0.2) is 24.5 Å². The first-order valence-corrected chi connectivity index (χ1v) is 4.10. The molecule has 0 unspecified atom stereocenters. The number of alkyl halides is 3. The average Bonchev–Trinajstić information content (AvgIpc) is 2.18. The molecule has 0 amide bonds. The molecule has 0 heterocycles. The van der Waals surface area contributed by atoms with Gasteiger partial charge in [0.25, 0.3) is 0 Å². The van der Waals surface area contributed by atoms with E-state index in [1.54, 1.807) is 0 Å². The van der Waals surface area contributed by atoms with Gasteiger partial charge < -0.3 is 9.84 Å². The molecule has 0 saturated carbocycles. The van der Waals surface area contributed by atoms with Crippen LogP contribution in [0, 0.1) is 0 Å². The number of rotatable bonds is 2. The summed E-state index contributed by atoms with van der Waals surface area (Å²) in [6, 6.07) is 2.82. The molecular formula is C9H8F3NO3. The van der Waals surface area contributed by atoms with Gasteiger partial charge in [0.15, 0.2) is 0 Å². The molecule has 0 aliphatic carbocycles. The van der Waals surface area contributed by atoms with Crippen LogP contribution in [0.4, 0.5) is 18.9 Å². The Balaban J connectivity index is 3.03. The molecule has 0 aliphatic rings. The van der Waals surface area contributed by atoms with E-state index in [-0.39, 0.29) is 11.3 Å². The molecular weight excluding hydrogens is 227 g/mol. The Morgan fingerprint density at radius 3 is 2.56 bits per heavy atom. The van der Waals surface area contributed by atoms with E-state index in [4.69, 9.17) is 0 Å². The summed E-state index contributed by atoms with van der Waals surface area (Å²) in [5.41, 5.74) is -0.692. The number of phenolic OH excluding ortho intramolecular Hbond substituents is 1. The van der Waals surface area contributed by atoms with Crippen LogP contribution >= 0.6 is 0 Å². The summed E-state index contributed by atoms with van der Waals surface area (Å²) in [6.45, 7) is 0. The Hall–Kier alpha value is -1.92. The Morgan fingerprint density at radius 1 is 1.44 bits per heavy atom. The molecule has 1 rings (SSSR count). The minimum atomic E-state index is -4.61. The van der Waals surface area contributed by atoms with Gasteiger partial charge in [-0.3, -0.25) is 5.32 Å². The molecule has 0 fully saturated rings. The molecule has 0 saturated heterocycles. The quantitative estimate of drug-likeness (QED) is 0.468. The molecule has 0 radical (unpaired) electrons. The molecule has 88 valence electrons. The number of halogens is 3. The monoisotopic (exact) mass is 235 g/mol. The molecule has 16 heavy (non-hydrogen) atoms. The van der Waals surface area contributed by atoms with Crippen molar-refractivity contribution in [1.82, 2.24) is 0 Å². The van der Waals surface area contributed by atoms with Gasteiger partial charge in [-0.1, -0.05) is 0 Å². The second-order valence-corrected chi connectivity index (χ2v) is 2.85. The summed E-state index contributed by atoms with van der Waals surface area (Å²) in [5, 5.41) is 10.4. The highest BCUT2D eigenvalue weighted by Gasteiger charge is 2.27. The summed E-state index contributed by atoms with van der Waals surface area (Å²) in [7, 11) is 1.06. The van der Waals surface area contributed by atoms with Crippen LogP contribution in [0.5, 0.6) is 5.75 Å². The molecule has 0 aliphatic heterocycles. The van der Waals surface area contributed by atoms with Crippen molar-refractivity contribution in [2.24, 2.45) is 0 Å². The van der Waals surface area contributed by atoms with Gasteiger partial charge in [-0.15, -0.1) is 0 Å². The highest BCUT2D eigenvalue weighted by Crippen LogP contribution is 2.25. The largest absolute Gasteiger partial charge is 0.507 e. The first kappa shape index (κ1) is 12.2. The highest BCUT2D eigenvalue weighted by molar-refractivity contribution is 5.93. The van der Waals surface area contributed by atoms with Gasteiger partial charge in [0, 0.05) is 5.69 Å². The van der Waals surface area contributed by atoms with Crippen LogP contribution < -0.4 is 5.32 Å². The fourth-order valence-electron chi connectivity index (χ4n) is 1.05. The predicted octanol–water partition coefficient (Wildman–Crippen LogP) is 2.11. The first-order chi connectivity index (χ1) is 7.33. The van der Waals surface area contributed by atoms with Gasteiger partial charge in [0.1, 0.15) is 11.3 Å². The van der Waals surface area contributed by atoms with Crippen molar-refractivity contribution in [3.05, 3.63) is 23.8 Å². The third kappa shape index (κ3) is 3.04. The summed E-state index contributed by atoms with van der Waals surface area (Å²) in [4.78, 5) is 11.1. The molecule has 0 spiro atoms. The van der Waals surface area contributed by atoms with Gasteiger partial charge in [-0.2, -0.15) is 13.2 Å². The third-order valence-corrected chi connectivity index (χ3v) is 1.69. The van der Waals surface area contributed by atoms with Gasteiger partial charge in [0.2, 0.25) is 0 Å². The number of hydrogen-bond donors (Lipinski definition) is 2. The molecule has 4 nitrogen and oxygen atoms in total. The van der Waals surface area contributed by atoms with Crippen LogP contribution in [0.25, 0.3) is 0 Å². The average molecular weight is 235 g/mol. The fraction of sp³-hybridized carbons (Fsp3) is 0.222. The van der Waals surface area contributed by atoms with Crippen LogP contribution in [-0.2, 0) is 4.74 Å². The number of aromatic hydroxyl groups is 1. The van der Waals surface area contributed by atoms with Crippen LogP contribution in [0.2, 0.25) is 0 Å². The van der Waals surface area contributed by atoms with Crippen molar-refractivity contribution < 1.29 is 27.8 Å². The number of ether oxygens (including phenoxy) is 1. The van der Waals surface area contributed by atoms with Crippen LogP contribution in [0.3, 0.4) is 0 Å². The van der Waals surface area contributed by atoms with E-state index < -0.39 is 18.0 Å². The van der Waals surface area contributed by atoms with Gasteiger partial charge in [-0.05, 0) is 18.2 Å². The first-order valence-electron chi connectivity index (χ1n) is 4.10. The fourth-order valence-corrected chi connectivity index (χ4v) is 1.05. The number of carbonyl (C=O) groups is 1. The van der Waals surface area contributed by atoms with E-state index in [1.807, 2.05) is 0 Å². The smallest absolute Gasteiger partial charge is 0.482 e. The number of carbonyl (C=O) groups excluding carboxylic acids is 1. The lowest BCUT2D eigenvalue weighted by Gasteiger charge is -2.11. The van der Waals surface area contributed by atoms with Crippen molar-refractivity contribution in [3.63, 3.8) is 0 Å². The number of anilines is 1. The van der Waals surface area contributed by atoms with Crippen molar-refractivity contribution in [2.75, 3.05) is 12.4 Å². The number of esters is 1. The molecule has 0 bridgehead atoms. The molecule has 0 aromatic heterocycles. The number of phenols is 1. The maximum atomic E-state index is 12.0. The second kappa shape index (κ2) is 4.30. The molecule has 7 heteroatoms. The lowest BCUT2D eigenvalue weighted by Crippen LogP contribution is -2.20. The molecule has 2 N–H and O–H groups in total. The van der Waals surface area contributed by atoms with Gasteiger partial charge in [0.05, 0.1) is 7.11 Å². The van der Waals surface area contributed by atoms with Crippen molar-refractivity contribution in [3.8, 4) is 5.75 Å². The Morgan fingerprint density at radius 2 is 2.06 bits per heavy atom. The SMILES string of the molecule is COC(=O)c1cc(NC(F)(F)F)ccc1O. The normalized spacial score (nSPS) is 11.0. The van der Waals surface area contributed by atoms with Crippen molar-refractivity contribution in [2.45, 2.75) is 6.30 Å². The summed E-state index contributed by atoms with van der Waals surface area (Å²) >= 11 is 0. The standard InChI is InChI=1S/C9H8F3NO3/c1-16-8(15)6-4-5(2-3-7(6)14)13-9(10,11)12/h2-4,13-14H,1H3. The maximum absolute atomic E-state index is 12.0. The Kier molecular flexibility index (Phi) is 3.26. The topological polar surface area (TPSA) is 58.6 Å². The van der Waals surface area contributed by atoms with E-state index in [9.17, 15) is 23.1 Å². The summed E-state index contributed by atoms with van der Waals surface area (Å²) < 4.78 is 40.2. The molecule has 0 atom stereocenters. The van der Waals surface area contributed by atoms with Crippen molar-refractivity contribution >= 4 is 11.7 Å². The number of hydrogen-bond acceptors (Lipinski definition) is 4.